The smallest absolute Gasteiger partial charge is 0.226 e. The van der Waals surface area contributed by atoms with Crippen LogP contribution >= 0.6 is 24.0 Å². The third-order valence-electron chi connectivity index (χ3n) is 4.16. The molecule has 8 heteroatoms. The van der Waals surface area contributed by atoms with Crippen LogP contribution in [0.1, 0.15) is 17.7 Å². The topological polar surface area (TPSA) is 80.3 Å². The van der Waals surface area contributed by atoms with Crippen molar-refractivity contribution < 1.29 is 4.42 Å². The second kappa shape index (κ2) is 11.5. The van der Waals surface area contributed by atoms with Crippen LogP contribution in [0.5, 0.6) is 0 Å². The van der Waals surface area contributed by atoms with Gasteiger partial charge in [-0.2, -0.15) is 5.10 Å². The van der Waals surface area contributed by atoms with Crippen LogP contribution in [0.3, 0.4) is 0 Å². The van der Waals surface area contributed by atoms with E-state index in [-0.39, 0.29) is 24.0 Å². The van der Waals surface area contributed by atoms with Crippen LogP contribution in [0.15, 0.2) is 58.4 Å². The maximum absolute atomic E-state index is 5.60. The molecule has 0 fully saturated rings. The van der Waals surface area contributed by atoms with E-state index in [0.29, 0.717) is 5.89 Å². The number of benzene rings is 1. The van der Waals surface area contributed by atoms with Crippen molar-refractivity contribution in [2.45, 2.75) is 26.3 Å². The number of hydrogen-bond donors (Lipinski definition) is 2. The Bertz CT molecular complexity index is 842. The molecule has 0 atom stereocenters. The Labute approximate surface area is 182 Å². The van der Waals surface area contributed by atoms with Crippen molar-refractivity contribution >= 4 is 29.9 Å². The first-order valence-electron chi connectivity index (χ1n) is 9.18. The molecule has 0 saturated carbocycles. The SMILES string of the molecule is CN=C(NCCCn1cccn1)NCCc1coc(-c2ccc(C)cc2)n1.I. The number of nitrogens with zero attached hydrogens (tertiary/aromatic N) is 4. The molecule has 0 aliphatic rings. The molecule has 3 aromatic rings. The van der Waals surface area contributed by atoms with Crippen LogP contribution in [0, 0.1) is 6.92 Å². The zero-order valence-corrected chi connectivity index (χ0v) is 18.6. The maximum Gasteiger partial charge on any atom is 0.226 e. The summed E-state index contributed by atoms with van der Waals surface area (Å²) in [7, 11) is 1.77. The number of guanidine groups is 1. The Balaban J connectivity index is 0.00000280. The second-order valence-corrected chi connectivity index (χ2v) is 6.31. The van der Waals surface area contributed by atoms with Crippen LogP contribution in [0.2, 0.25) is 0 Å². The van der Waals surface area contributed by atoms with Crippen LogP contribution in [0.25, 0.3) is 11.5 Å². The minimum absolute atomic E-state index is 0. The minimum Gasteiger partial charge on any atom is -0.444 e. The van der Waals surface area contributed by atoms with E-state index in [2.05, 4.69) is 44.8 Å². The number of halogens is 1. The second-order valence-electron chi connectivity index (χ2n) is 6.31. The fraction of sp³-hybridized carbons (Fsp3) is 0.350. The molecule has 0 amide bonds. The minimum atomic E-state index is 0. The zero-order chi connectivity index (χ0) is 18.9. The lowest BCUT2D eigenvalue weighted by molar-refractivity contribution is 0.569. The molecule has 2 N–H and O–H groups in total. The first-order chi connectivity index (χ1) is 13.2. The molecule has 2 heterocycles. The highest BCUT2D eigenvalue weighted by Crippen LogP contribution is 2.19. The summed E-state index contributed by atoms with van der Waals surface area (Å²) in [5.74, 6) is 1.45. The number of hydrogen-bond acceptors (Lipinski definition) is 4. The van der Waals surface area contributed by atoms with Gasteiger partial charge in [0.25, 0.3) is 0 Å². The van der Waals surface area contributed by atoms with Gasteiger partial charge in [-0.25, -0.2) is 4.98 Å². The largest absolute Gasteiger partial charge is 0.444 e. The van der Waals surface area contributed by atoms with Crippen molar-refractivity contribution in [2.75, 3.05) is 20.1 Å². The molecule has 0 unspecified atom stereocenters. The Morgan fingerprint density at radius 3 is 2.68 bits per heavy atom. The molecule has 0 bridgehead atoms. The fourth-order valence-electron chi connectivity index (χ4n) is 2.66. The van der Waals surface area contributed by atoms with Gasteiger partial charge < -0.3 is 15.1 Å². The molecule has 0 radical (unpaired) electrons. The standard InChI is InChI=1S/C20H26N6O.HI/c1-16-5-7-17(8-6-16)19-25-18(15-27-19)9-12-23-20(21-2)22-10-3-13-26-14-4-11-24-26;/h4-8,11,14-15H,3,9-10,12-13H2,1-2H3,(H2,21,22,23);1H. The Hall–Kier alpha value is -2.36. The Morgan fingerprint density at radius 1 is 1.18 bits per heavy atom. The molecule has 2 aromatic heterocycles. The number of oxazole rings is 1. The quantitative estimate of drug-likeness (QED) is 0.218. The Kier molecular flexibility index (Phi) is 8.99. The van der Waals surface area contributed by atoms with Crippen LogP contribution in [-0.4, -0.2) is 40.9 Å². The summed E-state index contributed by atoms with van der Waals surface area (Å²) in [5, 5.41) is 10.8. The predicted octanol–water partition coefficient (Wildman–Crippen LogP) is 3.26. The van der Waals surface area contributed by atoms with Gasteiger partial charge in [0, 0.05) is 51.1 Å². The van der Waals surface area contributed by atoms with Gasteiger partial charge in [-0.15, -0.1) is 24.0 Å². The molecule has 0 aliphatic carbocycles. The Morgan fingerprint density at radius 2 is 1.96 bits per heavy atom. The third kappa shape index (κ3) is 6.66. The monoisotopic (exact) mass is 494 g/mol. The van der Waals surface area contributed by atoms with Crippen molar-refractivity contribution in [3.05, 3.63) is 60.2 Å². The number of nitrogens with one attached hydrogen (secondary N) is 2. The van der Waals surface area contributed by atoms with Crippen molar-refractivity contribution in [3.63, 3.8) is 0 Å². The third-order valence-corrected chi connectivity index (χ3v) is 4.16. The number of aryl methyl sites for hydroxylation is 2. The van der Waals surface area contributed by atoms with E-state index in [1.54, 1.807) is 19.5 Å². The highest BCUT2D eigenvalue weighted by atomic mass is 127. The van der Waals surface area contributed by atoms with Crippen molar-refractivity contribution in [1.29, 1.82) is 0 Å². The number of rotatable bonds is 8. The highest BCUT2D eigenvalue weighted by Gasteiger charge is 2.07. The van der Waals surface area contributed by atoms with Crippen molar-refractivity contribution in [1.82, 2.24) is 25.4 Å². The van der Waals surface area contributed by atoms with Crippen LogP contribution < -0.4 is 10.6 Å². The van der Waals surface area contributed by atoms with Crippen molar-refractivity contribution in [3.8, 4) is 11.5 Å². The molecular weight excluding hydrogens is 467 g/mol. The van der Waals surface area contributed by atoms with Gasteiger partial charge in [0.2, 0.25) is 5.89 Å². The molecular formula is C20H27IN6O. The average Bonchev–Trinajstić information content (AvgIpc) is 3.36. The average molecular weight is 494 g/mol. The summed E-state index contributed by atoms with van der Waals surface area (Å²) in [6.07, 6.45) is 7.23. The van der Waals surface area contributed by atoms with E-state index in [0.717, 1.165) is 49.7 Å². The molecule has 0 saturated heterocycles. The van der Waals surface area contributed by atoms with Gasteiger partial charge in [-0.05, 0) is 31.5 Å². The van der Waals surface area contributed by atoms with E-state index in [1.165, 1.54) is 5.56 Å². The first kappa shape index (κ1) is 21.9. The summed E-state index contributed by atoms with van der Waals surface area (Å²) in [6.45, 7) is 4.52. The van der Waals surface area contributed by atoms with Gasteiger partial charge in [0.1, 0.15) is 6.26 Å². The summed E-state index contributed by atoms with van der Waals surface area (Å²) < 4.78 is 7.52. The predicted molar refractivity (Wildman–Crippen MR) is 122 cm³/mol. The van der Waals surface area contributed by atoms with Crippen LogP contribution in [0.4, 0.5) is 0 Å². The summed E-state index contributed by atoms with van der Waals surface area (Å²) >= 11 is 0. The molecule has 28 heavy (non-hydrogen) atoms. The molecule has 0 aliphatic heterocycles. The van der Waals surface area contributed by atoms with Gasteiger partial charge >= 0.3 is 0 Å². The van der Waals surface area contributed by atoms with Gasteiger partial charge in [0.15, 0.2) is 5.96 Å². The molecule has 0 spiro atoms. The lowest BCUT2D eigenvalue weighted by atomic mass is 10.1. The van der Waals surface area contributed by atoms with Gasteiger partial charge in [0.05, 0.1) is 5.69 Å². The summed E-state index contributed by atoms with van der Waals surface area (Å²) in [4.78, 5) is 8.80. The highest BCUT2D eigenvalue weighted by molar-refractivity contribution is 14.0. The summed E-state index contributed by atoms with van der Waals surface area (Å²) in [6, 6.07) is 10.1. The maximum atomic E-state index is 5.60. The number of aromatic nitrogens is 3. The van der Waals surface area contributed by atoms with Crippen LogP contribution in [-0.2, 0) is 13.0 Å². The number of aliphatic imine (C=N–C) groups is 1. The lowest BCUT2D eigenvalue weighted by Crippen LogP contribution is -2.39. The van der Waals surface area contributed by atoms with E-state index in [1.807, 2.05) is 29.1 Å². The molecule has 3 rings (SSSR count). The summed E-state index contributed by atoms with van der Waals surface area (Å²) in [5.41, 5.74) is 3.14. The molecule has 150 valence electrons. The normalized spacial score (nSPS) is 11.1. The zero-order valence-electron chi connectivity index (χ0n) is 16.3. The van der Waals surface area contributed by atoms with E-state index in [9.17, 15) is 0 Å². The molecule has 7 nitrogen and oxygen atoms in total. The lowest BCUT2D eigenvalue weighted by Gasteiger charge is -2.11. The first-order valence-corrected chi connectivity index (χ1v) is 9.18. The molecule has 1 aromatic carbocycles. The van der Waals surface area contributed by atoms with E-state index < -0.39 is 0 Å². The fourth-order valence-corrected chi connectivity index (χ4v) is 2.66. The van der Waals surface area contributed by atoms with Gasteiger partial charge in [-0.1, -0.05) is 17.7 Å². The van der Waals surface area contributed by atoms with E-state index in [4.69, 9.17) is 4.42 Å². The van der Waals surface area contributed by atoms with Gasteiger partial charge in [-0.3, -0.25) is 9.67 Å². The van der Waals surface area contributed by atoms with Crippen molar-refractivity contribution in [2.24, 2.45) is 4.99 Å². The van der Waals surface area contributed by atoms with E-state index >= 15 is 0 Å².